The Kier molecular flexibility index (Phi) is 5.71. The molecule has 1 aliphatic heterocycles. The zero-order valence-corrected chi connectivity index (χ0v) is 16.8. The lowest BCUT2D eigenvalue weighted by Gasteiger charge is -2.33. The summed E-state index contributed by atoms with van der Waals surface area (Å²) in [6.07, 6.45) is 0.886. The van der Waals surface area contributed by atoms with Crippen molar-refractivity contribution in [2.45, 2.75) is 39.8 Å². The second-order valence-electron chi connectivity index (χ2n) is 7.18. The molecule has 2 aromatic carbocycles. The summed E-state index contributed by atoms with van der Waals surface area (Å²) in [7, 11) is 3.30. The smallest absolute Gasteiger partial charge is 0.241 e. The number of fused-ring (bicyclic) bond motifs is 1. The number of nitrogens with zero attached hydrogens (tertiary/aromatic N) is 1. The summed E-state index contributed by atoms with van der Waals surface area (Å²) in [5, 5.41) is 3.09. The summed E-state index contributed by atoms with van der Waals surface area (Å²) >= 11 is 0. The molecule has 0 spiro atoms. The van der Waals surface area contributed by atoms with Gasteiger partial charge in [0.2, 0.25) is 5.91 Å². The maximum atomic E-state index is 12.8. The van der Waals surface area contributed by atoms with Crippen LogP contribution in [0.15, 0.2) is 30.3 Å². The van der Waals surface area contributed by atoms with Crippen molar-refractivity contribution in [3.8, 4) is 11.5 Å². The van der Waals surface area contributed by atoms with Crippen LogP contribution >= 0.6 is 0 Å². The van der Waals surface area contributed by atoms with Crippen molar-refractivity contribution in [2.75, 3.05) is 26.1 Å². The molecule has 1 heterocycles. The minimum Gasteiger partial charge on any atom is -0.493 e. The van der Waals surface area contributed by atoms with Crippen LogP contribution in [0.3, 0.4) is 0 Å². The maximum Gasteiger partial charge on any atom is 0.241 e. The number of nitrogens with one attached hydrogen (secondary N) is 1. The molecule has 1 N–H and O–H groups in total. The van der Waals surface area contributed by atoms with Gasteiger partial charge in [0.15, 0.2) is 11.5 Å². The van der Waals surface area contributed by atoms with E-state index in [0.717, 1.165) is 47.8 Å². The third-order valence-corrected chi connectivity index (χ3v) is 5.33. The summed E-state index contributed by atoms with van der Waals surface area (Å²) in [5.74, 6) is 1.50. The van der Waals surface area contributed by atoms with Gasteiger partial charge in [-0.3, -0.25) is 9.69 Å². The molecule has 1 unspecified atom stereocenters. The number of methoxy groups -OCH3 is 2. The first-order valence-electron chi connectivity index (χ1n) is 9.29. The number of carbonyl (C=O) groups excluding carboxylic acids is 1. The van der Waals surface area contributed by atoms with E-state index in [-0.39, 0.29) is 11.9 Å². The number of rotatable bonds is 5. The van der Waals surface area contributed by atoms with E-state index in [9.17, 15) is 4.79 Å². The molecular weight excluding hydrogens is 340 g/mol. The Morgan fingerprint density at radius 3 is 2.41 bits per heavy atom. The lowest BCUT2D eigenvalue weighted by molar-refractivity contribution is -0.121. The normalized spacial score (nSPS) is 15.0. The molecule has 1 amide bonds. The lowest BCUT2D eigenvalue weighted by atomic mass is 9.97. The highest BCUT2D eigenvalue weighted by atomic mass is 16.5. The molecule has 0 aromatic heterocycles. The van der Waals surface area contributed by atoms with E-state index >= 15 is 0 Å². The first-order valence-corrected chi connectivity index (χ1v) is 9.29. The van der Waals surface area contributed by atoms with Gasteiger partial charge in [-0.15, -0.1) is 0 Å². The van der Waals surface area contributed by atoms with Gasteiger partial charge in [0.25, 0.3) is 0 Å². The molecule has 1 aliphatic rings. The van der Waals surface area contributed by atoms with Crippen molar-refractivity contribution in [1.82, 2.24) is 4.90 Å². The standard InChI is InChI=1S/C22H28N2O3/c1-14-6-7-15(2)19(10-14)23-22(25)16(3)24-9-8-17-11-20(26-4)21(27-5)12-18(17)13-24/h6-7,10-12,16H,8-9,13H2,1-5H3,(H,23,25). The van der Waals surface area contributed by atoms with Crippen LogP contribution in [0.5, 0.6) is 11.5 Å². The fourth-order valence-corrected chi connectivity index (χ4v) is 3.51. The second-order valence-corrected chi connectivity index (χ2v) is 7.18. The van der Waals surface area contributed by atoms with Crippen LogP contribution in [-0.4, -0.2) is 37.6 Å². The molecule has 5 heteroatoms. The van der Waals surface area contributed by atoms with E-state index in [1.54, 1.807) is 14.2 Å². The highest BCUT2D eigenvalue weighted by molar-refractivity contribution is 5.95. The fourth-order valence-electron chi connectivity index (χ4n) is 3.51. The summed E-state index contributed by atoms with van der Waals surface area (Å²) in [4.78, 5) is 15.0. The molecule has 0 bridgehead atoms. The molecular formula is C22H28N2O3. The number of aryl methyl sites for hydroxylation is 2. The molecule has 1 atom stereocenters. The van der Waals surface area contributed by atoms with Crippen molar-refractivity contribution in [1.29, 1.82) is 0 Å². The van der Waals surface area contributed by atoms with Gasteiger partial charge in [-0.1, -0.05) is 12.1 Å². The van der Waals surface area contributed by atoms with E-state index < -0.39 is 0 Å². The van der Waals surface area contributed by atoms with Gasteiger partial charge in [0.05, 0.1) is 20.3 Å². The van der Waals surface area contributed by atoms with Crippen molar-refractivity contribution in [2.24, 2.45) is 0 Å². The van der Waals surface area contributed by atoms with Crippen LogP contribution in [-0.2, 0) is 17.8 Å². The number of amides is 1. The molecule has 5 nitrogen and oxygen atoms in total. The van der Waals surface area contributed by atoms with Crippen molar-refractivity contribution >= 4 is 11.6 Å². The third-order valence-electron chi connectivity index (χ3n) is 5.33. The number of carbonyl (C=O) groups is 1. The molecule has 0 fully saturated rings. The zero-order valence-electron chi connectivity index (χ0n) is 16.8. The monoisotopic (exact) mass is 368 g/mol. The first kappa shape index (κ1) is 19.2. The summed E-state index contributed by atoms with van der Waals surface area (Å²) in [5.41, 5.74) is 5.53. The van der Waals surface area contributed by atoms with Crippen LogP contribution in [0.1, 0.15) is 29.2 Å². The van der Waals surface area contributed by atoms with E-state index in [0.29, 0.717) is 0 Å². The van der Waals surface area contributed by atoms with Crippen molar-refractivity contribution in [3.05, 3.63) is 52.6 Å². The third kappa shape index (κ3) is 4.08. The zero-order chi connectivity index (χ0) is 19.6. The number of benzene rings is 2. The second kappa shape index (κ2) is 8.01. The number of anilines is 1. The molecule has 0 radical (unpaired) electrons. The Labute approximate surface area is 161 Å². The van der Waals surface area contributed by atoms with E-state index in [2.05, 4.69) is 16.3 Å². The minimum absolute atomic E-state index is 0.0210. The topological polar surface area (TPSA) is 50.8 Å². The molecule has 2 aromatic rings. The molecule has 0 saturated heterocycles. The predicted molar refractivity (Wildman–Crippen MR) is 108 cm³/mol. The fraction of sp³-hybridized carbons (Fsp3) is 0.409. The van der Waals surface area contributed by atoms with Crippen LogP contribution in [0.25, 0.3) is 0 Å². The van der Waals surface area contributed by atoms with Gasteiger partial charge < -0.3 is 14.8 Å². The average molecular weight is 368 g/mol. The van der Waals surface area contributed by atoms with Gasteiger partial charge in [0, 0.05) is 18.8 Å². The molecule has 27 heavy (non-hydrogen) atoms. The summed E-state index contributed by atoms with van der Waals surface area (Å²) in [6, 6.07) is 9.96. The average Bonchev–Trinajstić information content (AvgIpc) is 2.68. The quantitative estimate of drug-likeness (QED) is 0.874. The van der Waals surface area contributed by atoms with Crippen molar-refractivity contribution < 1.29 is 14.3 Å². The Bertz CT molecular complexity index is 848. The maximum absolute atomic E-state index is 12.8. The highest BCUT2D eigenvalue weighted by Gasteiger charge is 2.27. The number of hydrogen-bond acceptors (Lipinski definition) is 4. The van der Waals surface area contributed by atoms with E-state index in [1.165, 1.54) is 11.1 Å². The number of hydrogen-bond donors (Lipinski definition) is 1. The Morgan fingerprint density at radius 2 is 1.74 bits per heavy atom. The van der Waals surface area contributed by atoms with Gasteiger partial charge in [-0.2, -0.15) is 0 Å². The molecule has 3 rings (SSSR count). The van der Waals surface area contributed by atoms with E-state index in [1.807, 2.05) is 45.0 Å². The Hall–Kier alpha value is -2.53. The Morgan fingerprint density at radius 1 is 1.07 bits per heavy atom. The van der Waals surface area contributed by atoms with Crippen LogP contribution < -0.4 is 14.8 Å². The SMILES string of the molecule is COc1cc2c(cc1OC)CN(C(C)C(=O)Nc1cc(C)ccc1C)CC2. The van der Waals surface area contributed by atoms with Gasteiger partial charge in [0.1, 0.15) is 0 Å². The highest BCUT2D eigenvalue weighted by Crippen LogP contribution is 2.33. The van der Waals surface area contributed by atoms with Crippen LogP contribution in [0, 0.1) is 13.8 Å². The lowest BCUT2D eigenvalue weighted by Crippen LogP contribution is -2.44. The van der Waals surface area contributed by atoms with E-state index in [4.69, 9.17) is 9.47 Å². The van der Waals surface area contributed by atoms with Gasteiger partial charge in [-0.25, -0.2) is 0 Å². The first-order chi connectivity index (χ1) is 12.9. The number of ether oxygens (including phenoxy) is 2. The predicted octanol–water partition coefficient (Wildman–Crippen LogP) is 3.71. The van der Waals surface area contributed by atoms with Crippen LogP contribution in [0.2, 0.25) is 0 Å². The molecule has 0 saturated carbocycles. The molecule has 0 aliphatic carbocycles. The van der Waals surface area contributed by atoms with Gasteiger partial charge in [-0.05, 0) is 67.6 Å². The van der Waals surface area contributed by atoms with Crippen molar-refractivity contribution in [3.63, 3.8) is 0 Å². The minimum atomic E-state index is -0.217. The summed E-state index contributed by atoms with van der Waals surface area (Å²) in [6.45, 7) is 7.56. The van der Waals surface area contributed by atoms with Crippen LogP contribution in [0.4, 0.5) is 5.69 Å². The summed E-state index contributed by atoms with van der Waals surface area (Å²) < 4.78 is 10.8. The largest absolute Gasteiger partial charge is 0.493 e. The molecule has 144 valence electrons. The Balaban J connectivity index is 1.74. The van der Waals surface area contributed by atoms with Gasteiger partial charge >= 0.3 is 0 Å².